The number of H-pyrrole nitrogens is 1. The molecule has 1 saturated heterocycles. The van der Waals surface area contributed by atoms with Crippen LogP contribution >= 0.6 is 0 Å². The van der Waals surface area contributed by atoms with Crippen molar-refractivity contribution in [3.8, 4) is 5.69 Å². The minimum Gasteiger partial charge on any atom is -0.349 e. The Bertz CT molecular complexity index is 1480. The number of nitrogens with one attached hydrogen (secondary N) is 2. The van der Waals surface area contributed by atoms with Gasteiger partial charge in [0.1, 0.15) is 5.52 Å². The summed E-state index contributed by atoms with van der Waals surface area (Å²) in [4.78, 5) is 28.3. The molecule has 1 amide bonds. The number of hydrogen-bond acceptors (Lipinski definition) is 5. The predicted octanol–water partition coefficient (Wildman–Crippen LogP) is 3.78. The highest BCUT2D eigenvalue weighted by Crippen LogP contribution is 2.36. The standard InChI is InChI=1S/C26H29FN6O2/c1-25(2)13-16(14-26(3,4)32(25)5)28-23(34)15-9-11-17(12-10-15)33-24(35)22-21(31-33)18-7-6-8-19(27)20(18)29-30-22/h6-12,16,31H,13-14H2,1-5H3,(H,28,34). The van der Waals surface area contributed by atoms with Gasteiger partial charge in [0.25, 0.3) is 11.5 Å². The Morgan fingerprint density at radius 3 is 2.31 bits per heavy atom. The van der Waals surface area contributed by atoms with Crippen LogP contribution in [0.5, 0.6) is 0 Å². The Kier molecular flexibility index (Phi) is 5.28. The minimum atomic E-state index is -0.503. The fraction of sp³-hybridized carbons (Fsp3) is 0.385. The van der Waals surface area contributed by atoms with E-state index in [2.05, 4.69) is 60.3 Å². The summed E-state index contributed by atoms with van der Waals surface area (Å²) in [5, 5.41) is 14.5. The van der Waals surface area contributed by atoms with Gasteiger partial charge in [0.2, 0.25) is 0 Å². The lowest BCUT2D eigenvalue weighted by molar-refractivity contribution is -0.0169. The van der Waals surface area contributed by atoms with Gasteiger partial charge in [-0.05, 0) is 77.9 Å². The molecule has 0 saturated carbocycles. The molecule has 182 valence electrons. The molecule has 0 radical (unpaired) electrons. The van der Waals surface area contributed by atoms with Crippen molar-refractivity contribution in [2.75, 3.05) is 7.05 Å². The Labute approximate surface area is 202 Å². The van der Waals surface area contributed by atoms with E-state index in [0.717, 1.165) is 12.8 Å². The van der Waals surface area contributed by atoms with Gasteiger partial charge in [-0.15, -0.1) is 10.2 Å². The lowest BCUT2D eigenvalue weighted by Crippen LogP contribution is -2.62. The number of aromatic nitrogens is 4. The largest absolute Gasteiger partial charge is 0.349 e. The highest BCUT2D eigenvalue weighted by Gasteiger charge is 2.43. The van der Waals surface area contributed by atoms with Gasteiger partial charge in [-0.2, -0.15) is 0 Å². The van der Waals surface area contributed by atoms with Gasteiger partial charge in [-0.3, -0.25) is 19.6 Å². The van der Waals surface area contributed by atoms with Gasteiger partial charge < -0.3 is 5.32 Å². The third-order valence-electron chi connectivity index (χ3n) is 7.40. The Morgan fingerprint density at radius 2 is 1.66 bits per heavy atom. The number of halogens is 1. The van der Waals surface area contributed by atoms with Gasteiger partial charge in [-0.1, -0.05) is 12.1 Å². The molecule has 0 aliphatic carbocycles. The molecule has 9 heteroatoms. The van der Waals surface area contributed by atoms with Crippen LogP contribution in [0.3, 0.4) is 0 Å². The van der Waals surface area contributed by atoms with E-state index in [-0.39, 0.29) is 34.1 Å². The molecule has 0 bridgehead atoms. The van der Waals surface area contributed by atoms with E-state index in [0.29, 0.717) is 22.2 Å². The first-order valence-electron chi connectivity index (χ1n) is 11.7. The first kappa shape index (κ1) is 23.2. The lowest BCUT2D eigenvalue weighted by Gasteiger charge is -2.53. The second-order valence-corrected chi connectivity index (χ2v) is 10.6. The molecule has 0 unspecified atom stereocenters. The van der Waals surface area contributed by atoms with E-state index in [1.165, 1.54) is 10.7 Å². The van der Waals surface area contributed by atoms with E-state index < -0.39 is 11.4 Å². The fourth-order valence-corrected chi connectivity index (χ4v) is 5.31. The molecule has 2 aromatic heterocycles. The molecule has 35 heavy (non-hydrogen) atoms. The number of benzene rings is 2. The molecule has 0 spiro atoms. The van der Waals surface area contributed by atoms with Crippen LogP contribution in [0.1, 0.15) is 50.9 Å². The average molecular weight is 477 g/mol. The monoisotopic (exact) mass is 476 g/mol. The zero-order chi connectivity index (χ0) is 25.1. The van der Waals surface area contributed by atoms with Crippen molar-refractivity contribution in [3.63, 3.8) is 0 Å². The number of fused-ring (bicyclic) bond motifs is 3. The number of carbonyl (C=O) groups is 1. The molecular formula is C26H29FN6O2. The third kappa shape index (κ3) is 3.89. The average Bonchev–Trinajstić information content (AvgIpc) is 3.14. The maximum atomic E-state index is 14.1. The second-order valence-electron chi connectivity index (χ2n) is 10.6. The SMILES string of the molecule is CN1C(C)(C)CC(NC(=O)c2ccc(-n3[nH]c4c(nnc5c(F)cccc54)c3=O)cc2)CC1(C)C. The van der Waals surface area contributed by atoms with Crippen LogP contribution in [0.25, 0.3) is 27.6 Å². The molecule has 4 aromatic rings. The highest BCUT2D eigenvalue weighted by molar-refractivity contribution is 6.01. The first-order chi connectivity index (χ1) is 16.5. The lowest BCUT2D eigenvalue weighted by atomic mass is 9.77. The molecule has 1 aliphatic heterocycles. The maximum absolute atomic E-state index is 14.1. The van der Waals surface area contributed by atoms with Gasteiger partial charge in [-0.25, -0.2) is 9.07 Å². The molecule has 8 nitrogen and oxygen atoms in total. The van der Waals surface area contributed by atoms with Crippen LogP contribution in [0, 0.1) is 5.82 Å². The summed E-state index contributed by atoms with van der Waals surface area (Å²) in [5.41, 5.74) is 1.22. The molecule has 1 aliphatic rings. The van der Waals surface area contributed by atoms with Crippen molar-refractivity contribution in [1.82, 2.24) is 30.2 Å². The number of nitrogens with zero attached hydrogens (tertiary/aromatic N) is 4. The molecular weight excluding hydrogens is 447 g/mol. The maximum Gasteiger partial charge on any atom is 0.299 e. The number of rotatable bonds is 3. The summed E-state index contributed by atoms with van der Waals surface area (Å²) in [5.74, 6) is -0.647. The third-order valence-corrected chi connectivity index (χ3v) is 7.40. The molecule has 0 atom stereocenters. The van der Waals surface area contributed by atoms with Crippen LogP contribution < -0.4 is 10.9 Å². The van der Waals surface area contributed by atoms with Crippen molar-refractivity contribution < 1.29 is 9.18 Å². The van der Waals surface area contributed by atoms with Gasteiger partial charge in [0, 0.05) is 28.1 Å². The quantitative estimate of drug-likeness (QED) is 0.469. The van der Waals surface area contributed by atoms with Crippen molar-refractivity contribution in [2.24, 2.45) is 0 Å². The van der Waals surface area contributed by atoms with Crippen molar-refractivity contribution in [1.29, 1.82) is 0 Å². The summed E-state index contributed by atoms with van der Waals surface area (Å²) >= 11 is 0. The van der Waals surface area contributed by atoms with Crippen molar-refractivity contribution in [3.05, 3.63) is 64.2 Å². The van der Waals surface area contributed by atoms with Crippen molar-refractivity contribution >= 4 is 27.8 Å². The normalized spacial score (nSPS) is 18.2. The van der Waals surface area contributed by atoms with Crippen LogP contribution in [0.2, 0.25) is 0 Å². The van der Waals surface area contributed by atoms with Gasteiger partial charge in [0.15, 0.2) is 11.3 Å². The number of piperidine rings is 1. The van der Waals surface area contributed by atoms with E-state index in [1.54, 1.807) is 36.4 Å². The Morgan fingerprint density at radius 1 is 1.03 bits per heavy atom. The summed E-state index contributed by atoms with van der Waals surface area (Å²) in [7, 11) is 2.13. The van der Waals surface area contributed by atoms with E-state index in [4.69, 9.17) is 0 Å². The van der Waals surface area contributed by atoms with E-state index in [9.17, 15) is 14.0 Å². The Hall–Kier alpha value is -3.59. The van der Waals surface area contributed by atoms with Crippen LogP contribution in [0.15, 0.2) is 47.3 Å². The van der Waals surface area contributed by atoms with Crippen LogP contribution in [-0.2, 0) is 0 Å². The number of aromatic amines is 1. The predicted molar refractivity (Wildman–Crippen MR) is 133 cm³/mol. The van der Waals surface area contributed by atoms with Gasteiger partial charge >= 0.3 is 0 Å². The number of hydrogen-bond donors (Lipinski definition) is 2. The molecule has 1 fully saturated rings. The molecule has 2 aromatic carbocycles. The summed E-state index contributed by atoms with van der Waals surface area (Å²) < 4.78 is 15.4. The summed E-state index contributed by atoms with van der Waals surface area (Å²) in [6.45, 7) is 8.79. The van der Waals surface area contributed by atoms with E-state index in [1.807, 2.05) is 0 Å². The highest BCUT2D eigenvalue weighted by atomic mass is 19.1. The molecule has 3 heterocycles. The van der Waals surface area contributed by atoms with E-state index >= 15 is 0 Å². The second kappa shape index (κ2) is 7.98. The first-order valence-corrected chi connectivity index (χ1v) is 11.7. The number of likely N-dealkylation sites (tertiary alicyclic amines) is 1. The molecule has 2 N–H and O–H groups in total. The molecule has 5 rings (SSSR count). The number of carbonyl (C=O) groups excluding carboxylic acids is 1. The summed E-state index contributed by atoms with van der Waals surface area (Å²) in [6, 6.07) is 11.4. The zero-order valence-electron chi connectivity index (χ0n) is 20.5. The smallest absolute Gasteiger partial charge is 0.299 e. The van der Waals surface area contributed by atoms with Crippen molar-refractivity contribution in [2.45, 2.75) is 57.7 Å². The summed E-state index contributed by atoms with van der Waals surface area (Å²) in [6.07, 6.45) is 1.72. The fourth-order valence-electron chi connectivity index (χ4n) is 5.31. The van der Waals surface area contributed by atoms with Crippen LogP contribution in [0.4, 0.5) is 4.39 Å². The minimum absolute atomic E-state index is 0.0314. The van der Waals surface area contributed by atoms with Crippen LogP contribution in [-0.4, -0.2) is 55.0 Å². The Balaban J connectivity index is 1.41. The zero-order valence-corrected chi connectivity index (χ0v) is 20.5. The number of amides is 1. The topological polar surface area (TPSA) is 95.9 Å². The van der Waals surface area contributed by atoms with Gasteiger partial charge in [0.05, 0.1) is 11.2 Å².